The van der Waals surface area contributed by atoms with Crippen molar-refractivity contribution in [3.05, 3.63) is 0 Å². The molecule has 5 heteroatoms. The van der Waals surface area contributed by atoms with E-state index in [1.54, 1.807) is 0 Å². The maximum absolute atomic E-state index is 10.5. The zero-order valence-electron chi connectivity index (χ0n) is 9.03. The van der Waals surface area contributed by atoms with Crippen LogP contribution < -0.4 is 5.14 Å². The van der Waals surface area contributed by atoms with E-state index in [1.807, 2.05) is 0 Å². The first-order chi connectivity index (χ1) is 6.42. The van der Waals surface area contributed by atoms with Crippen molar-refractivity contribution in [1.82, 2.24) is 0 Å². The lowest BCUT2D eigenvalue weighted by atomic mass is 10.1. The highest BCUT2D eigenvalue weighted by atomic mass is 32.2. The fourth-order valence-corrected chi connectivity index (χ4v) is 1.53. The second-order valence-corrected chi connectivity index (χ2v) is 5.60. The Morgan fingerprint density at radius 2 is 1.86 bits per heavy atom. The molecule has 0 spiro atoms. The van der Waals surface area contributed by atoms with E-state index in [2.05, 4.69) is 13.8 Å². The SMILES string of the molecule is CC(C)CCOCCCCS(N)(=O)=O. The van der Waals surface area contributed by atoms with Crippen molar-refractivity contribution in [2.24, 2.45) is 11.1 Å². The van der Waals surface area contributed by atoms with Crippen LogP contribution in [0, 0.1) is 5.92 Å². The third kappa shape index (κ3) is 11.9. The van der Waals surface area contributed by atoms with Crippen molar-refractivity contribution in [2.45, 2.75) is 33.1 Å². The lowest BCUT2D eigenvalue weighted by molar-refractivity contribution is 0.121. The standard InChI is InChI=1S/C9H21NO3S/c1-9(2)5-7-13-6-3-4-8-14(10,11)12/h9H,3-8H2,1-2H3,(H2,10,11,12). The molecule has 4 nitrogen and oxygen atoms in total. The van der Waals surface area contributed by atoms with Gasteiger partial charge in [-0.05, 0) is 25.2 Å². The van der Waals surface area contributed by atoms with Crippen LogP contribution in [-0.4, -0.2) is 27.4 Å². The molecule has 0 radical (unpaired) electrons. The van der Waals surface area contributed by atoms with Crippen molar-refractivity contribution >= 4 is 10.0 Å². The molecular weight excluding hydrogens is 202 g/mol. The van der Waals surface area contributed by atoms with Crippen LogP contribution in [0.15, 0.2) is 0 Å². The minimum absolute atomic E-state index is 0.0561. The van der Waals surface area contributed by atoms with Crippen molar-refractivity contribution in [3.63, 3.8) is 0 Å². The van der Waals surface area contributed by atoms with Crippen LogP contribution in [-0.2, 0) is 14.8 Å². The Bertz CT molecular complexity index is 224. The second kappa shape index (κ2) is 7.20. The van der Waals surface area contributed by atoms with Gasteiger partial charge in [-0.1, -0.05) is 13.8 Å². The van der Waals surface area contributed by atoms with Crippen LogP contribution in [0.5, 0.6) is 0 Å². The highest BCUT2D eigenvalue weighted by Crippen LogP contribution is 2.00. The van der Waals surface area contributed by atoms with Crippen molar-refractivity contribution in [2.75, 3.05) is 19.0 Å². The summed E-state index contributed by atoms with van der Waals surface area (Å²) in [4.78, 5) is 0. The lowest BCUT2D eigenvalue weighted by Gasteiger charge is -2.05. The normalized spacial score (nSPS) is 12.3. The predicted molar refractivity (Wildman–Crippen MR) is 57.5 cm³/mol. The van der Waals surface area contributed by atoms with Crippen LogP contribution in [0.2, 0.25) is 0 Å². The van der Waals surface area contributed by atoms with E-state index >= 15 is 0 Å². The first-order valence-electron chi connectivity index (χ1n) is 5.00. The number of ether oxygens (including phenoxy) is 1. The Balaban J connectivity index is 3.15. The molecule has 86 valence electrons. The Kier molecular flexibility index (Phi) is 7.13. The van der Waals surface area contributed by atoms with E-state index in [4.69, 9.17) is 9.88 Å². The van der Waals surface area contributed by atoms with Gasteiger partial charge in [0, 0.05) is 13.2 Å². The van der Waals surface area contributed by atoms with E-state index in [-0.39, 0.29) is 5.75 Å². The third-order valence-electron chi connectivity index (χ3n) is 1.81. The maximum Gasteiger partial charge on any atom is 0.209 e. The summed E-state index contributed by atoms with van der Waals surface area (Å²) in [6.07, 6.45) is 2.39. The second-order valence-electron chi connectivity index (χ2n) is 3.87. The summed E-state index contributed by atoms with van der Waals surface area (Å²) in [5, 5.41) is 4.85. The monoisotopic (exact) mass is 223 g/mol. The number of unbranched alkanes of at least 4 members (excludes halogenated alkanes) is 1. The van der Waals surface area contributed by atoms with Crippen molar-refractivity contribution in [1.29, 1.82) is 0 Å². The molecule has 2 N–H and O–H groups in total. The zero-order valence-corrected chi connectivity index (χ0v) is 9.85. The highest BCUT2D eigenvalue weighted by Gasteiger charge is 2.01. The first kappa shape index (κ1) is 13.9. The topological polar surface area (TPSA) is 69.4 Å². The number of rotatable bonds is 8. The molecule has 0 aromatic rings. The van der Waals surface area contributed by atoms with E-state index < -0.39 is 10.0 Å². The van der Waals surface area contributed by atoms with Crippen LogP contribution >= 0.6 is 0 Å². The molecule has 0 aliphatic heterocycles. The van der Waals surface area contributed by atoms with Gasteiger partial charge >= 0.3 is 0 Å². The lowest BCUT2D eigenvalue weighted by Crippen LogP contribution is -2.16. The van der Waals surface area contributed by atoms with Crippen LogP contribution in [0.25, 0.3) is 0 Å². The average molecular weight is 223 g/mol. The smallest absolute Gasteiger partial charge is 0.209 e. The van der Waals surface area contributed by atoms with Crippen LogP contribution in [0.4, 0.5) is 0 Å². The minimum Gasteiger partial charge on any atom is -0.381 e. The summed E-state index contributed by atoms with van der Waals surface area (Å²) in [7, 11) is -3.29. The summed E-state index contributed by atoms with van der Waals surface area (Å²) in [6, 6.07) is 0. The minimum atomic E-state index is -3.29. The molecule has 0 unspecified atom stereocenters. The summed E-state index contributed by atoms with van der Waals surface area (Å²) in [5.41, 5.74) is 0. The predicted octanol–water partition coefficient (Wildman–Crippen LogP) is 1.12. The van der Waals surface area contributed by atoms with E-state index in [1.165, 1.54) is 0 Å². The summed E-state index contributed by atoms with van der Waals surface area (Å²) >= 11 is 0. The molecule has 0 aromatic carbocycles. The van der Waals surface area contributed by atoms with Crippen molar-refractivity contribution < 1.29 is 13.2 Å². The van der Waals surface area contributed by atoms with Gasteiger partial charge in [0.05, 0.1) is 5.75 Å². The molecule has 0 amide bonds. The molecule has 0 rings (SSSR count). The van der Waals surface area contributed by atoms with E-state index in [9.17, 15) is 8.42 Å². The molecule has 0 fully saturated rings. The Morgan fingerprint density at radius 1 is 1.21 bits per heavy atom. The third-order valence-corrected chi connectivity index (χ3v) is 2.66. The maximum atomic E-state index is 10.5. The number of hydrogen-bond donors (Lipinski definition) is 1. The van der Waals surface area contributed by atoms with Gasteiger partial charge in [0.25, 0.3) is 0 Å². The number of primary sulfonamides is 1. The fourth-order valence-electron chi connectivity index (χ4n) is 0.928. The number of hydrogen-bond acceptors (Lipinski definition) is 3. The molecule has 0 saturated heterocycles. The van der Waals surface area contributed by atoms with Gasteiger partial charge in [0.15, 0.2) is 0 Å². The zero-order chi connectivity index (χ0) is 11.0. The van der Waals surface area contributed by atoms with E-state index in [0.29, 0.717) is 18.9 Å². The van der Waals surface area contributed by atoms with E-state index in [0.717, 1.165) is 19.4 Å². The Hall–Kier alpha value is -0.130. The summed E-state index contributed by atoms with van der Waals surface area (Å²) in [5.74, 6) is 0.708. The van der Waals surface area contributed by atoms with Crippen molar-refractivity contribution in [3.8, 4) is 0 Å². The molecule has 0 aliphatic rings. The van der Waals surface area contributed by atoms with Gasteiger partial charge in [-0.15, -0.1) is 0 Å². The molecule has 0 aromatic heterocycles. The molecule has 0 saturated carbocycles. The fraction of sp³-hybridized carbons (Fsp3) is 1.00. The quantitative estimate of drug-likeness (QED) is 0.627. The van der Waals surface area contributed by atoms with Gasteiger partial charge in [-0.2, -0.15) is 0 Å². The molecule has 0 aliphatic carbocycles. The largest absolute Gasteiger partial charge is 0.381 e. The summed E-state index contributed by atoms with van der Waals surface area (Å²) < 4.78 is 26.4. The summed E-state index contributed by atoms with van der Waals surface area (Å²) in [6.45, 7) is 5.67. The number of nitrogens with two attached hydrogens (primary N) is 1. The molecular formula is C9H21NO3S. The van der Waals surface area contributed by atoms with Gasteiger partial charge in [0.1, 0.15) is 0 Å². The number of sulfonamides is 1. The highest BCUT2D eigenvalue weighted by molar-refractivity contribution is 7.89. The average Bonchev–Trinajstić information content (AvgIpc) is 2.00. The van der Waals surface area contributed by atoms with Gasteiger partial charge in [0.2, 0.25) is 10.0 Å². The van der Waals surface area contributed by atoms with Gasteiger partial charge in [-0.25, -0.2) is 13.6 Å². The molecule has 0 bridgehead atoms. The van der Waals surface area contributed by atoms with Crippen LogP contribution in [0.1, 0.15) is 33.1 Å². The molecule has 14 heavy (non-hydrogen) atoms. The van der Waals surface area contributed by atoms with Gasteiger partial charge in [-0.3, -0.25) is 0 Å². The first-order valence-corrected chi connectivity index (χ1v) is 6.71. The van der Waals surface area contributed by atoms with Gasteiger partial charge < -0.3 is 4.74 Å². The Labute approximate surface area is 86.9 Å². The molecule has 0 heterocycles. The van der Waals surface area contributed by atoms with Crippen LogP contribution in [0.3, 0.4) is 0 Å². The Morgan fingerprint density at radius 3 is 2.36 bits per heavy atom. The molecule has 0 atom stereocenters.